The third-order valence-corrected chi connectivity index (χ3v) is 10.9. The van der Waals surface area contributed by atoms with Gasteiger partial charge in [-0.1, -0.05) is 23.7 Å². The van der Waals surface area contributed by atoms with Gasteiger partial charge in [0.2, 0.25) is 0 Å². The second-order valence-corrected chi connectivity index (χ2v) is 13.4. The first-order valence-corrected chi connectivity index (χ1v) is 13.7. The smallest absolute Gasteiger partial charge is 0.287 e. The Labute approximate surface area is 215 Å². The van der Waals surface area contributed by atoms with Crippen molar-refractivity contribution in [2.45, 2.75) is 55.4 Å². The number of carbonyl (C=O) groups excluding carboxylic acids is 2. The van der Waals surface area contributed by atoms with Gasteiger partial charge in [0.15, 0.2) is 15.7 Å². The van der Waals surface area contributed by atoms with Crippen molar-refractivity contribution in [2.24, 2.45) is 0 Å². The van der Waals surface area contributed by atoms with Crippen molar-refractivity contribution in [1.29, 1.82) is 0 Å². The third-order valence-electron chi connectivity index (χ3n) is 7.27. The van der Waals surface area contributed by atoms with Crippen molar-refractivity contribution in [3.8, 4) is 0 Å². The average molecular weight is 538 g/mol. The van der Waals surface area contributed by atoms with E-state index in [2.05, 4.69) is 15.6 Å². The molecule has 2 heterocycles. The number of nitrogens with one attached hydrogen (secondary N) is 2. The van der Waals surface area contributed by atoms with Crippen LogP contribution in [-0.4, -0.2) is 82.1 Å². The Balaban J connectivity index is 1.46. The van der Waals surface area contributed by atoms with Gasteiger partial charge in [-0.2, -0.15) is 0 Å². The van der Waals surface area contributed by atoms with Crippen LogP contribution in [0.15, 0.2) is 30.5 Å². The number of halogens is 1. The number of carbonyl (C=O) groups is 2. The molecule has 196 valence electrons. The first-order chi connectivity index (χ1) is 16.9. The highest BCUT2D eigenvalue weighted by molar-refractivity contribution is 7.94. The molecule has 12 heteroatoms. The lowest BCUT2D eigenvalue weighted by Crippen LogP contribution is -2.56. The summed E-state index contributed by atoms with van der Waals surface area (Å²) >= 11 is 5.89. The summed E-state index contributed by atoms with van der Waals surface area (Å²) in [4.78, 5) is 31.7. The van der Waals surface area contributed by atoms with Gasteiger partial charge < -0.3 is 25.2 Å². The SMILES string of the molecule is CNC[C@H](O)C(C)(C)S(=O)(=O)C1(CN2CCn3c(cnc3C(=O)NCc3ccc(Cl)cc3)C2=O)CC1. The van der Waals surface area contributed by atoms with Gasteiger partial charge >= 0.3 is 0 Å². The van der Waals surface area contributed by atoms with Gasteiger partial charge in [0, 0.05) is 37.7 Å². The fourth-order valence-electron chi connectivity index (χ4n) is 4.63. The molecule has 1 aromatic carbocycles. The summed E-state index contributed by atoms with van der Waals surface area (Å²) in [5.74, 6) is -0.628. The van der Waals surface area contributed by atoms with Crippen LogP contribution in [0.1, 0.15) is 53.4 Å². The molecule has 3 N–H and O–H groups in total. The predicted molar refractivity (Wildman–Crippen MR) is 136 cm³/mol. The lowest BCUT2D eigenvalue weighted by molar-refractivity contribution is 0.0697. The van der Waals surface area contributed by atoms with Crippen molar-refractivity contribution in [3.05, 3.63) is 52.6 Å². The zero-order valence-corrected chi connectivity index (χ0v) is 22.2. The van der Waals surface area contributed by atoms with E-state index in [1.54, 1.807) is 23.7 Å². The van der Waals surface area contributed by atoms with Crippen molar-refractivity contribution in [1.82, 2.24) is 25.1 Å². The molecule has 0 saturated heterocycles. The fourth-order valence-corrected chi connectivity index (χ4v) is 7.28. The molecule has 1 atom stereocenters. The van der Waals surface area contributed by atoms with Gasteiger partial charge in [-0.3, -0.25) is 9.59 Å². The molecule has 10 nitrogen and oxygen atoms in total. The number of aromatic nitrogens is 2. The van der Waals surface area contributed by atoms with Crippen LogP contribution in [-0.2, 0) is 22.9 Å². The number of likely N-dealkylation sites (N-methyl/N-ethyl adjacent to an activating group) is 1. The number of aliphatic hydroxyl groups excluding tert-OH is 1. The molecule has 1 fully saturated rings. The first kappa shape index (κ1) is 26.6. The van der Waals surface area contributed by atoms with Crippen molar-refractivity contribution in [3.63, 3.8) is 0 Å². The molecule has 1 aromatic heterocycles. The van der Waals surface area contributed by atoms with E-state index in [-0.39, 0.29) is 43.6 Å². The van der Waals surface area contributed by atoms with Gasteiger partial charge in [-0.05, 0) is 51.4 Å². The zero-order chi connectivity index (χ0) is 26.3. The summed E-state index contributed by atoms with van der Waals surface area (Å²) in [5.41, 5.74) is 1.12. The highest BCUT2D eigenvalue weighted by Crippen LogP contribution is 2.49. The number of benzene rings is 1. The molecule has 1 aliphatic carbocycles. The largest absolute Gasteiger partial charge is 0.390 e. The number of nitrogens with zero attached hydrogens (tertiary/aromatic N) is 3. The molecule has 4 rings (SSSR count). The topological polar surface area (TPSA) is 134 Å². The Morgan fingerprint density at radius 3 is 2.53 bits per heavy atom. The highest BCUT2D eigenvalue weighted by atomic mass is 35.5. The van der Waals surface area contributed by atoms with E-state index in [1.165, 1.54) is 24.9 Å². The van der Waals surface area contributed by atoms with Crippen LogP contribution >= 0.6 is 11.6 Å². The van der Waals surface area contributed by atoms with E-state index in [0.717, 1.165) is 5.56 Å². The number of hydrogen-bond donors (Lipinski definition) is 3. The van der Waals surface area contributed by atoms with E-state index in [4.69, 9.17) is 11.6 Å². The number of amides is 2. The standard InChI is InChI=1S/C24H32ClN5O5S/c1-23(2,19(31)14-26-3)36(34,35)24(8-9-24)15-29-10-11-30-18(22(29)33)13-27-20(30)21(32)28-12-16-4-6-17(25)7-5-16/h4-7,13,19,26,31H,8-12,14-15H2,1-3H3,(H,28,32)/t19-/m0/s1. The minimum absolute atomic E-state index is 0.0488. The van der Waals surface area contributed by atoms with Crippen LogP contribution in [0, 0.1) is 0 Å². The van der Waals surface area contributed by atoms with E-state index in [1.807, 2.05) is 12.1 Å². The lowest BCUT2D eigenvalue weighted by atomic mass is 10.1. The molecule has 2 aromatic rings. The maximum Gasteiger partial charge on any atom is 0.287 e. The third kappa shape index (κ3) is 4.65. The van der Waals surface area contributed by atoms with Crippen LogP contribution in [0.2, 0.25) is 5.02 Å². The molecule has 0 radical (unpaired) electrons. The van der Waals surface area contributed by atoms with Crippen LogP contribution in [0.3, 0.4) is 0 Å². The van der Waals surface area contributed by atoms with Gasteiger partial charge in [-0.15, -0.1) is 0 Å². The summed E-state index contributed by atoms with van der Waals surface area (Å²) < 4.78 is 26.3. The number of rotatable bonds is 10. The van der Waals surface area contributed by atoms with Gasteiger partial charge in [0.1, 0.15) is 5.69 Å². The summed E-state index contributed by atoms with van der Waals surface area (Å²) in [5, 5.41) is 16.7. The number of hydrogen-bond acceptors (Lipinski definition) is 7. The van der Waals surface area contributed by atoms with Crippen LogP contribution in [0.5, 0.6) is 0 Å². The molecule has 0 spiro atoms. The van der Waals surface area contributed by atoms with Gasteiger partial charge in [-0.25, -0.2) is 13.4 Å². The molecule has 1 saturated carbocycles. The lowest BCUT2D eigenvalue weighted by Gasteiger charge is -2.37. The molecule has 0 bridgehead atoms. The number of sulfone groups is 1. The Hall–Kier alpha value is -2.47. The molecule has 2 aliphatic rings. The van der Waals surface area contributed by atoms with E-state index < -0.39 is 31.3 Å². The van der Waals surface area contributed by atoms with E-state index in [0.29, 0.717) is 24.4 Å². The molecule has 2 amide bonds. The van der Waals surface area contributed by atoms with Crippen LogP contribution < -0.4 is 10.6 Å². The monoisotopic (exact) mass is 537 g/mol. The van der Waals surface area contributed by atoms with Crippen LogP contribution in [0.4, 0.5) is 0 Å². The molecule has 0 unspecified atom stereocenters. The summed E-state index contributed by atoms with van der Waals surface area (Å²) in [6.45, 7) is 4.13. The average Bonchev–Trinajstić information content (AvgIpc) is 3.50. The number of aliphatic hydroxyl groups is 1. The highest BCUT2D eigenvalue weighted by Gasteiger charge is 2.62. The van der Waals surface area contributed by atoms with Crippen molar-refractivity contribution < 1.29 is 23.1 Å². The van der Waals surface area contributed by atoms with E-state index >= 15 is 0 Å². The minimum Gasteiger partial charge on any atom is -0.390 e. The van der Waals surface area contributed by atoms with E-state index in [9.17, 15) is 23.1 Å². The van der Waals surface area contributed by atoms with Gasteiger partial charge in [0.25, 0.3) is 11.8 Å². The minimum atomic E-state index is -3.77. The van der Waals surface area contributed by atoms with Crippen molar-refractivity contribution in [2.75, 3.05) is 26.7 Å². The maximum absolute atomic E-state index is 13.6. The second-order valence-electron chi connectivity index (χ2n) is 10.0. The molecule has 36 heavy (non-hydrogen) atoms. The molecule has 1 aliphatic heterocycles. The first-order valence-electron chi connectivity index (χ1n) is 11.9. The Morgan fingerprint density at radius 1 is 1.25 bits per heavy atom. The Bertz CT molecular complexity index is 1250. The maximum atomic E-state index is 13.6. The normalized spacial score (nSPS) is 18.0. The molecular formula is C24H32ClN5O5S. The fraction of sp³-hybridized carbons (Fsp3) is 0.542. The summed E-state index contributed by atoms with van der Waals surface area (Å²) in [6, 6.07) is 7.10. The summed E-state index contributed by atoms with van der Waals surface area (Å²) in [7, 11) is -2.12. The molecular weight excluding hydrogens is 506 g/mol. The Kier molecular flexibility index (Phi) is 7.22. The zero-order valence-electron chi connectivity index (χ0n) is 20.6. The van der Waals surface area contributed by atoms with Crippen molar-refractivity contribution >= 4 is 33.3 Å². The van der Waals surface area contributed by atoms with Gasteiger partial charge in [0.05, 0.1) is 21.8 Å². The quantitative estimate of drug-likeness (QED) is 0.415. The summed E-state index contributed by atoms with van der Waals surface area (Å²) in [6.07, 6.45) is 1.15. The van der Waals surface area contributed by atoms with Crippen LogP contribution in [0.25, 0.3) is 0 Å². The number of imidazole rings is 1. The number of fused-ring (bicyclic) bond motifs is 1. The second kappa shape index (κ2) is 9.77. The Morgan fingerprint density at radius 2 is 1.92 bits per heavy atom. The predicted octanol–water partition coefficient (Wildman–Crippen LogP) is 1.23.